The van der Waals surface area contributed by atoms with Crippen LogP contribution in [0.15, 0.2) is 84.9 Å². The number of ether oxygens (including phenoxy) is 3. The molecule has 0 saturated heterocycles. The fraction of sp³-hybridized carbons (Fsp3) is 0.278. The number of halogens is 1. The van der Waals surface area contributed by atoms with Crippen LogP contribution < -0.4 is 14.2 Å². The van der Waals surface area contributed by atoms with Crippen LogP contribution in [0.4, 0.5) is 0 Å². The van der Waals surface area contributed by atoms with Crippen LogP contribution >= 0.6 is 11.6 Å². The number of hydrogen-bond donors (Lipinski definition) is 1. The molecule has 2 aliphatic carbocycles. The number of carbonyl (C=O) groups is 2. The monoisotopic (exact) mass is 600 g/mol. The predicted molar refractivity (Wildman–Crippen MR) is 169 cm³/mol. The number of ketones is 2. The first-order valence-electron chi connectivity index (χ1n) is 14.4. The molecule has 43 heavy (non-hydrogen) atoms. The molecule has 6 rings (SSSR count). The number of fused-ring (bicyclic) bond motifs is 2. The molecular formula is C36H37ClO6. The lowest BCUT2D eigenvalue weighted by atomic mass is 9.90. The maximum absolute atomic E-state index is 11.8. The summed E-state index contributed by atoms with van der Waals surface area (Å²) in [6.07, 6.45) is 5.04. The van der Waals surface area contributed by atoms with Crippen molar-refractivity contribution in [1.82, 2.24) is 0 Å². The van der Waals surface area contributed by atoms with E-state index in [0.717, 1.165) is 76.3 Å². The van der Waals surface area contributed by atoms with Gasteiger partial charge in [-0.3, -0.25) is 9.59 Å². The van der Waals surface area contributed by atoms with E-state index >= 15 is 0 Å². The minimum absolute atomic E-state index is 0.205. The van der Waals surface area contributed by atoms with Gasteiger partial charge in [-0.05, 0) is 109 Å². The van der Waals surface area contributed by atoms with E-state index in [1.165, 1.54) is 0 Å². The third-order valence-corrected chi connectivity index (χ3v) is 7.65. The van der Waals surface area contributed by atoms with Crippen LogP contribution in [-0.4, -0.2) is 30.9 Å². The van der Waals surface area contributed by atoms with Crippen molar-refractivity contribution >= 4 is 23.2 Å². The van der Waals surface area contributed by atoms with E-state index < -0.39 is 0 Å². The van der Waals surface area contributed by atoms with Crippen LogP contribution in [0, 0.1) is 0 Å². The first kappa shape index (κ1) is 31.6. The number of phenols is 1. The minimum atomic E-state index is 0.205. The summed E-state index contributed by atoms with van der Waals surface area (Å²) in [6.45, 7) is 0.511. The largest absolute Gasteiger partial charge is 0.508 e. The van der Waals surface area contributed by atoms with Gasteiger partial charge in [0.25, 0.3) is 0 Å². The molecule has 0 atom stereocenters. The molecular weight excluding hydrogens is 564 g/mol. The SMILES string of the molecule is COc1ccc(CCl)cc1.COc1ccc(COc2ccc3c(c2)CCCC3=O)cc1.O=C1CCCc2cc(O)ccc21. The highest BCUT2D eigenvalue weighted by atomic mass is 35.5. The van der Waals surface area contributed by atoms with E-state index in [2.05, 4.69) is 0 Å². The van der Waals surface area contributed by atoms with E-state index in [9.17, 15) is 9.59 Å². The zero-order chi connectivity index (χ0) is 30.6. The average Bonchev–Trinajstić information content (AvgIpc) is 3.05. The van der Waals surface area contributed by atoms with Crippen LogP contribution in [0.1, 0.15) is 68.7 Å². The normalized spacial score (nSPS) is 13.3. The van der Waals surface area contributed by atoms with E-state index in [4.69, 9.17) is 30.9 Å². The van der Waals surface area contributed by atoms with Gasteiger partial charge in [0, 0.05) is 29.8 Å². The average molecular weight is 601 g/mol. The summed E-state index contributed by atoms with van der Waals surface area (Å²) < 4.78 is 15.9. The standard InChI is InChI=1S/C18H18O3.C10H10O2.C8H9ClO/c1-20-15-7-5-13(6-8-15)12-21-16-9-10-17-14(11-16)3-2-4-18(17)19;11-8-4-5-9-7(6-8)2-1-3-10(9)12;1-10-8-4-2-7(6-9)3-5-8/h5-11H,2-4,12H2,1H3;4-6,11H,1-3H2;2-5H,6H2,1H3. The molecule has 0 bridgehead atoms. The molecule has 0 radical (unpaired) electrons. The summed E-state index contributed by atoms with van der Waals surface area (Å²) in [5.41, 5.74) is 5.95. The number of phenolic OH excluding ortho intramolecular Hbond substituents is 1. The molecule has 0 saturated carbocycles. The van der Waals surface area contributed by atoms with Crippen molar-refractivity contribution in [1.29, 1.82) is 0 Å². The zero-order valence-corrected chi connectivity index (χ0v) is 25.4. The minimum Gasteiger partial charge on any atom is -0.508 e. The van der Waals surface area contributed by atoms with Crippen molar-refractivity contribution in [3.05, 3.63) is 118 Å². The molecule has 0 aliphatic heterocycles. The highest BCUT2D eigenvalue weighted by Crippen LogP contribution is 2.26. The Morgan fingerprint density at radius 3 is 1.65 bits per heavy atom. The topological polar surface area (TPSA) is 82.1 Å². The Hall–Kier alpha value is -4.29. The Labute approximate surface area is 258 Å². The number of carbonyl (C=O) groups excluding carboxylic acids is 2. The van der Waals surface area contributed by atoms with Gasteiger partial charge in [-0.25, -0.2) is 0 Å². The van der Waals surface area contributed by atoms with Crippen molar-refractivity contribution < 1.29 is 28.9 Å². The Morgan fingerprint density at radius 2 is 1.12 bits per heavy atom. The second-order valence-electron chi connectivity index (χ2n) is 10.3. The van der Waals surface area contributed by atoms with Crippen molar-refractivity contribution in [3.63, 3.8) is 0 Å². The van der Waals surface area contributed by atoms with Gasteiger partial charge in [0.1, 0.15) is 29.6 Å². The van der Waals surface area contributed by atoms with Crippen molar-refractivity contribution in [2.45, 2.75) is 51.0 Å². The number of Topliss-reactive ketones (excluding diaryl/α,β-unsaturated/α-hetero) is 2. The maximum atomic E-state index is 11.8. The summed E-state index contributed by atoms with van der Waals surface area (Å²) in [7, 11) is 3.30. The molecule has 0 fully saturated rings. The van der Waals surface area contributed by atoms with Crippen LogP contribution in [0.3, 0.4) is 0 Å². The molecule has 0 unspecified atom stereocenters. The highest BCUT2D eigenvalue weighted by Gasteiger charge is 2.18. The number of methoxy groups -OCH3 is 2. The molecule has 7 heteroatoms. The zero-order valence-electron chi connectivity index (χ0n) is 24.6. The molecule has 4 aromatic rings. The quantitative estimate of drug-likeness (QED) is 0.225. The van der Waals surface area contributed by atoms with Crippen LogP contribution in [0.5, 0.6) is 23.0 Å². The Kier molecular flexibility index (Phi) is 11.6. The molecule has 0 amide bonds. The van der Waals surface area contributed by atoms with Gasteiger partial charge in [0.2, 0.25) is 0 Å². The first-order chi connectivity index (χ1) is 20.9. The summed E-state index contributed by atoms with van der Waals surface area (Å²) in [4.78, 5) is 23.1. The van der Waals surface area contributed by atoms with E-state index in [1.54, 1.807) is 32.4 Å². The van der Waals surface area contributed by atoms with Crippen molar-refractivity contribution in [2.24, 2.45) is 0 Å². The molecule has 0 heterocycles. The lowest BCUT2D eigenvalue weighted by molar-refractivity contribution is 0.0964. The van der Waals surface area contributed by atoms with E-state index in [-0.39, 0.29) is 17.3 Å². The van der Waals surface area contributed by atoms with Crippen molar-refractivity contribution in [3.8, 4) is 23.0 Å². The predicted octanol–water partition coefficient (Wildman–Crippen LogP) is 8.14. The molecule has 4 aromatic carbocycles. The smallest absolute Gasteiger partial charge is 0.163 e. The summed E-state index contributed by atoms with van der Waals surface area (Å²) in [5.74, 6) is 3.79. The van der Waals surface area contributed by atoms with Crippen LogP contribution in [-0.2, 0) is 25.3 Å². The van der Waals surface area contributed by atoms with Gasteiger partial charge in [-0.15, -0.1) is 11.6 Å². The summed E-state index contributed by atoms with van der Waals surface area (Å²) in [5, 5.41) is 9.16. The highest BCUT2D eigenvalue weighted by molar-refractivity contribution is 6.17. The van der Waals surface area contributed by atoms with Gasteiger partial charge in [0.05, 0.1) is 14.2 Å². The molecule has 224 valence electrons. The number of benzene rings is 4. The van der Waals surface area contributed by atoms with Gasteiger partial charge >= 0.3 is 0 Å². The van der Waals surface area contributed by atoms with E-state index in [1.807, 2.05) is 66.7 Å². The van der Waals surface area contributed by atoms with Gasteiger partial charge in [-0.1, -0.05) is 24.3 Å². The van der Waals surface area contributed by atoms with Crippen LogP contribution in [0.2, 0.25) is 0 Å². The number of rotatable bonds is 6. The number of aromatic hydroxyl groups is 1. The van der Waals surface area contributed by atoms with Gasteiger partial charge < -0.3 is 19.3 Å². The summed E-state index contributed by atoms with van der Waals surface area (Å²) >= 11 is 5.58. The Bertz CT molecular complexity index is 1490. The Balaban J connectivity index is 0.000000163. The molecule has 0 spiro atoms. The number of hydrogen-bond acceptors (Lipinski definition) is 6. The Morgan fingerprint density at radius 1 is 0.628 bits per heavy atom. The van der Waals surface area contributed by atoms with Crippen LogP contribution in [0.25, 0.3) is 0 Å². The third-order valence-electron chi connectivity index (χ3n) is 7.34. The first-order valence-corrected chi connectivity index (χ1v) is 14.9. The second-order valence-corrected chi connectivity index (χ2v) is 10.6. The van der Waals surface area contributed by atoms with E-state index in [0.29, 0.717) is 25.3 Å². The van der Waals surface area contributed by atoms with Crippen molar-refractivity contribution in [2.75, 3.05) is 14.2 Å². The number of aryl methyl sites for hydroxylation is 2. The fourth-order valence-electron chi connectivity index (χ4n) is 4.95. The lowest BCUT2D eigenvalue weighted by Crippen LogP contribution is -2.10. The molecule has 0 aromatic heterocycles. The van der Waals surface area contributed by atoms with Gasteiger partial charge in [0.15, 0.2) is 11.6 Å². The third kappa shape index (κ3) is 9.10. The van der Waals surface area contributed by atoms with Gasteiger partial charge in [-0.2, -0.15) is 0 Å². The fourth-order valence-corrected chi connectivity index (χ4v) is 5.13. The second kappa shape index (κ2) is 15.8. The molecule has 1 N–H and O–H groups in total. The summed E-state index contributed by atoms with van der Waals surface area (Å²) in [6, 6.07) is 26.3. The maximum Gasteiger partial charge on any atom is 0.163 e. The number of alkyl halides is 1. The molecule has 2 aliphatic rings. The lowest BCUT2D eigenvalue weighted by Gasteiger charge is -2.16. The molecule has 6 nitrogen and oxygen atoms in total.